The molecule has 0 aromatic heterocycles. The van der Waals surface area contributed by atoms with Crippen LogP contribution in [-0.2, 0) is 0 Å². The zero-order chi connectivity index (χ0) is 21.6. The van der Waals surface area contributed by atoms with Gasteiger partial charge in [-0.1, -0.05) is 54.6 Å². The first kappa shape index (κ1) is 20.5. The lowest BCUT2D eigenvalue weighted by atomic mass is 9.94. The zero-order valence-corrected chi connectivity index (χ0v) is 17.4. The highest BCUT2D eigenvalue weighted by atomic mass is 16.5. The first-order chi connectivity index (χ1) is 15.2. The summed E-state index contributed by atoms with van der Waals surface area (Å²) in [5.74, 6) is 0.701. The minimum Gasteiger partial charge on any atom is -0.508 e. The summed E-state index contributed by atoms with van der Waals surface area (Å²) in [6, 6.07) is 24.5. The van der Waals surface area contributed by atoms with Crippen LogP contribution in [0.2, 0.25) is 0 Å². The number of aromatic hydroxyl groups is 1. The number of methoxy groups -OCH3 is 1. The molecule has 0 spiro atoms. The fourth-order valence-corrected chi connectivity index (χ4v) is 3.93. The van der Waals surface area contributed by atoms with Gasteiger partial charge in [0.15, 0.2) is 0 Å². The van der Waals surface area contributed by atoms with Gasteiger partial charge < -0.3 is 14.7 Å². The van der Waals surface area contributed by atoms with E-state index >= 15 is 0 Å². The van der Waals surface area contributed by atoms with Gasteiger partial charge in [-0.05, 0) is 54.8 Å². The summed E-state index contributed by atoms with van der Waals surface area (Å²) in [5, 5.41) is 9.72. The Kier molecular flexibility index (Phi) is 6.18. The maximum Gasteiger partial charge on any atom is 0.258 e. The first-order valence-corrected chi connectivity index (χ1v) is 10.4. The van der Waals surface area contributed by atoms with Crippen LogP contribution in [0.15, 0.2) is 96.7 Å². The Balaban J connectivity index is 1.73. The van der Waals surface area contributed by atoms with Crippen molar-refractivity contribution in [3.8, 4) is 11.5 Å². The summed E-state index contributed by atoms with van der Waals surface area (Å²) >= 11 is 0. The zero-order valence-electron chi connectivity index (χ0n) is 17.4. The Morgan fingerprint density at radius 3 is 2.42 bits per heavy atom. The normalized spacial score (nSPS) is 16.2. The molecule has 1 amide bonds. The summed E-state index contributed by atoms with van der Waals surface area (Å²) in [6.07, 6.45) is 7.71. The molecule has 3 aromatic rings. The van der Waals surface area contributed by atoms with E-state index in [0.717, 1.165) is 29.7 Å². The molecule has 1 aliphatic heterocycles. The molecular weight excluding hydrogens is 386 g/mol. The van der Waals surface area contributed by atoms with E-state index in [0.29, 0.717) is 11.3 Å². The van der Waals surface area contributed by atoms with Crippen LogP contribution >= 0.6 is 0 Å². The number of carbonyl (C=O) groups excluding carboxylic acids is 1. The van der Waals surface area contributed by atoms with Crippen molar-refractivity contribution in [1.29, 1.82) is 0 Å². The number of ether oxygens (including phenoxy) is 1. The smallest absolute Gasteiger partial charge is 0.258 e. The van der Waals surface area contributed by atoms with Crippen molar-refractivity contribution in [2.75, 3.05) is 7.11 Å². The monoisotopic (exact) mass is 411 g/mol. The second-order valence-corrected chi connectivity index (χ2v) is 7.43. The van der Waals surface area contributed by atoms with Crippen LogP contribution in [0.5, 0.6) is 11.5 Å². The molecule has 1 N–H and O–H groups in total. The number of amides is 1. The van der Waals surface area contributed by atoms with Crippen molar-refractivity contribution in [2.24, 2.45) is 0 Å². The molecule has 156 valence electrons. The Morgan fingerprint density at radius 2 is 1.71 bits per heavy atom. The minimum atomic E-state index is -0.0414. The predicted octanol–water partition coefficient (Wildman–Crippen LogP) is 5.98. The van der Waals surface area contributed by atoms with Crippen LogP contribution in [0, 0.1) is 0 Å². The lowest BCUT2D eigenvalue weighted by Gasteiger charge is -2.36. The number of allylic oxidation sites excluding steroid dienone is 2. The molecule has 4 rings (SSSR count). The van der Waals surface area contributed by atoms with Gasteiger partial charge >= 0.3 is 0 Å². The predicted molar refractivity (Wildman–Crippen MR) is 123 cm³/mol. The molecule has 0 bridgehead atoms. The SMILES string of the molecule is COc1cc(O)ccc1C=CC1=CCCC(c2ccccc2)N1C(=O)c1ccccc1. The molecule has 1 atom stereocenters. The Labute approximate surface area is 182 Å². The van der Waals surface area contributed by atoms with Gasteiger partial charge in [-0.2, -0.15) is 0 Å². The number of benzene rings is 3. The van der Waals surface area contributed by atoms with E-state index in [1.165, 1.54) is 0 Å². The van der Waals surface area contributed by atoms with Crippen molar-refractivity contribution >= 4 is 12.0 Å². The number of phenolic OH excluding ortho intramolecular Hbond substituents is 1. The number of hydrogen-bond acceptors (Lipinski definition) is 3. The summed E-state index contributed by atoms with van der Waals surface area (Å²) < 4.78 is 5.39. The highest BCUT2D eigenvalue weighted by Gasteiger charge is 2.30. The Bertz CT molecular complexity index is 1100. The van der Waals surface area contributed by atoms with Crippen molar-refractivity contribution in [1.82, 2.24) is 4.90 Å². The molecule has 31 heavy (non-hydrogen) atoms. The van der Waals surface area contributed by atoms with Crippen molar-refractivity contribution < 1.29 is 14.6 Å². The van der Waals surface area contributed by atoms with Crippen molar-refractivity contribution in [2.45, 2.75) is 18.9 Å². The highest BCUT2D eigenvalue weighted by Crippen LogP contribution is 2.36. The van der Waals surface area contributed by atoms with Crippen LogP contribution in [0.3, 0.4) is 0 Å². The molecule has 1 heterocycles. The molecule has 0 saturated carbocycles. The van der Waals surface area contributed by atoms with Crippen LogP contribution in [0.1, 0.15) is 40.4 Å². The van der Waals surface area contributed by atoms with Gasteiger partial charge in [0.25, 0.3) is 5.91 Å². The molecule has 0 fully saturated rings. The fraction of sp³-hybridized carbons (Fsp3) is 0.148. The molecule has 4 heteroatoms. The molecule has 0 aliphatic carbocycles. The molecule has 1 unspecified atom stereocenters. The topological polar surface area (TPSA) is 49.8 Å². The van der Waals surface area contributed by atoms with E-state index in [1.807, 2.05) is 65.6 Å². The van der Waals surface area contributed by atoms with Crippen molar-refractivity contribution in [3.05, 3.63) is 113 Å². The number of hydrogen-bond donors (Lipinski definition) is 1. The summed E-state index contributed by atoms with van der Waals surface area (Å²) in [5.41, 5.74) is 3.46. The van der Waals surface area contributed by atoms with Gasteiger partial charge in [-0.25, -0.2) is 0 Å². The van der Waals surface area contributed by atoms with E-state index in [1.54, 1.807) is 25.3 Å². The van der Waals surface area contributed by atoms with Crippen LogP contribution in [0.4, 0.5) is 0 Å². The molecule has 1 aliphatic rings. The molecule has 3 aromatic carbocycles. The quantitative estimate of drug-likeness (QED) is 0.562. The number of phenols is 1. The van der Waals surface area contributed by atoms with Crippen LogP contribution < -0.4 is 4.74 Å². The fourth-order valence-electron chi connectivity index (χ4n) is 3.93. The van der Waals surface area contributed by atoms with Gasteiger partial charge in [0.2, 0.25) is 0 Å². The van der Waals surface area contributed by atoms with Crippen molar-refractivity contribution in [3.63, 3.8) is 0 Å². The third-order valence-electron chi connectivity index (χ3n) is 5.46. The van der Waals surface area contributed by atoms with Crippen LogP contribution in [0.25, 0.3) is 6.08 Å². The van der Waals surface area contributed by atoms with E-state index < -0.39 is 0 Å². The van der Waals surface area contributed by atoms with E-state index in [9.17, 15) is 9.90 Å². The number of nitrogens with zero attached hydrogens (tertiary/aromatic N) is 1. The van der Waals surface area contributed by atoms with Gasteiger partial charge in [0, 0.05) is 22.9 Å². The maximum atomic E-state index is 13.6. The van der Waals surface area contributed by atoms with E-state index in [4.69, 9.17) is 4.74 Å². The minimum absolute atomic E-state index is 0.0253. The summed E-state index contributed by atoms with van der Waals surface area (Å²) in [6.45, 7) is 0. The molecular formula is C27H25NO3. The molecule has 4 nitrogen and oxygen atoms in total. The lowest BCUT2D eigenvalue weighted by Crippen LogP contribution is -2.35. The average molecular weight is 412 g/mol. The second-order valence-electron chi connectivity index (χ2n) is 7.43. The number of carbonyl (C=O) groups is 1. The summed E-state index contributed by atoms with van der Waals surface area (Å²) in [4.78, 5) is 15.5. The number of rotatable bonds is 5. The largest absolute Gasteiger partial charge is 0.508 e. The van der Waals surface area contributed by atoms with Gasteiger partial charge in [0.1, 0.15) is 11.5 Å². The Hall–Kier alpha value is -3.79. The maximum absolute atomic E-state index is 13.6. The van der Waals surface area contributed by atoms with Gasteiger partial charge in [0.05, 0.1) is 13.2 Å². The molecule has 0 saturated heterocycles. The third kappa shape index (κ3) is 4.53. The standard InChI is InChI=1S/C27H25NO3/c1-31-26-19-24(29)18-16-21(26)15-17-23-13-8-14-25(20-9-4-2-5-10-20)28(23)27(30)22-11-6-3-7-12-22/h2-7,9-13,15-19,25,29H,8,14H2,1H3. The highest BCUT2D eigenvalue weighted by molar-refractivity contribution is 5.96. The van der Waals surface area contributed by atoms with E-state index in [-0.39, 0.29) is 17.7 Å². The van der Waals surface area contributed by atoms with Gasteiger partial charge in [-0.3, -0.25) is 4.79 Å². The molecule has 0 radical (unpaired) electrons. The van der Waals surface area contributed by atoms with Crippen LogP contribution in [-0.4, -0.2) is 23.0 Å². The lowest BCUT2D eigenvalue weighted by molar-refractivity contribution is 0.0733. The second kappa shape index (κ2) is 9.35. The first-order valence-electron chi connectivity index (χ1n) is 10.4. The van der Waals surface area contributed by atoms with E-state index in [2.05, 4.69) is 18.2 Å². The average Bonchev–Trinajstić information content (AvgIpc) is 2.83. The van der Waals surface area contributed by atoms with Gasteiger partial charge in [-0.15, -0.1) is 0 Å². The third-order valence-corrected chi connectivity index (χ3v) is 5.46. The summed E-state index contributed by atoms with van der Waals surface area (Å²) in [7, 11) is 1.57. The Morgan fingerprint density at radius 1 is 1.00 bits per heavy atom.